The van der Waals surface area contributed by atoms with Gasteiger partial charge < -0.3 is 9.88 Å². The lowest BCUT2D eigenvalue weighted by Crippen LogP contribution is -2.28. The van der Waals surface area contributed by atoms with Crippen LogP contribution in [0.3, 0.4) is 0 Å². The predicted octanol–water partition coefficient (Wildman–Crippen LogP) is 2.82. The Balaban J connectivity index is 1.58. The summed E-state index contributed by atoms with van der Waals surface area (Å²) in [7, 11) is 0. The third kappa shape index (κ3) is 3.39. The van der Waals surface area contributed by atoms with E-state index in [9.17, 15) is 9.59 Å². The summed E-state index contributed by atoms with van der Waals surface area (Å²) in [6.45, 7) is 4.28. The SMILES string of the molecule is CCc1ccc(NC(=O)Cn2ccn3nc4c(c3c2=O)C[C@@H](C)CC4)cc1. The summed E-state index contributed by atoms with van der Waals surface area (Å²) < 4.78 is 3.13. The summed E-state index contributed by atoms with van der Waals surface area (Å²) in [5.74, 6) is 0.334. The molecule has 1 aliphatic carbocycles. The fourth-order valence-electron chi connectivity index (χ4n) is 3.75. The van der Waals surface area contributed by atoms with E-state index in [2.05, 4.69) is 24.3 Å². The molecule has 2 aromatic heterocycles. The van der Waals surface area contributed by atoms with Crippen molar-refractivity contribution in [3.63, 3.8) is 0 Å². The van der Waals surface area contributed by atoms with Gasteiger partial charge in [-0.1, -0.05) is 26.0 Å². The number of benzene rings is 1. The van der Waals surface area contributed by atoms with Gasteiger partial charge in [0.15, 0.2) is 0 Å². The first-order valence-electron chi connectivity index (χ1n) is 9.53. The van der Waals surface area contributed by atoms with Crippen LogP contribution in [0.4, 0.5) is 5.69 Å². The molecule has 2 heterocycles. The Hall–Kier alpha value is -2.89. The zero-order valence-corrected chi connectivity index (χ0v) is 15.7. The van der Waals surface area contributed by atoms with Crippen LogP contribution in [-0.4, -0.2) is 20.1 Å². The first-order valence-corrected chi connectivity index (χ1v) is 9.53. The maximum Gasteiger partial charge on any atom is 0.277 e. The van der Waals surface area contributed by atoms with Gasteiger partial charge >= 0.3 is 0 Å². The van der Waals surface area contributed by atoms with Crippen LogP contribution in [0.2, 0.25) is 0 Å². The molecule has 1 amide bonds. The average Bonchev–Trinajstić information content (AvgIpc) is 3.03. The molecule has 0 saturated heterocycles. The van der Waals surface area contributed by atoms with Gasteiger partial charge in [0, 0.05) is 23.6 Å². The Morgan fingerprint density at radius 2 is 2.04 bits per heavy atom. The van der Waals surface area contributed by atoms with Crippen LogP contribution in [0, 0.1) is 5.92 Å². The molecule has 0 aliphatic heterocycles. The maximum absolute atomic E-state index is 13.0. The average molecular weight is 364 g/mol. The zero-order valence-electron chi connectivity index (χ0n) is 15.7. The Kier molecular flexibility index (Phi) is 4.56. The number of nitrogens with zero attached hydrogens (tertiary/aromatic N) is 3. The van der Waals surface area contributed by atoms with Gasteiger partial charge in [0.1, 0.15) is 12.1 Å². The van der Waals surface area contributed by atoms with E-state index in [1.54, 1.807) is 16.9 Å². The second-order valence-corrected chi connectivity index (χ2v) is 7.40. The molecular weight excluding hydrogens is 340 g/mol. The lowest BCUT2D eigenvalue weighted by molar-refractivity contribution is -0.116. The topological polar surface area (TPSA) is 68.4 Å². The highest BCUT2D eigenvalue weighted by molar-refractivity contribution is 5.90. The van der Waals surface area contributed by atoms with Crippen molar-refractivity contribution in [3.05, 3.63) is 63.8 Å². The molecule has 3 aromatic rings. The minimum Gasteiger partial charge on any atom is -0.325 e. The molecule has 1 N–H and O–H groups in total. The van der Waals surface area contributed by atoms with Gasteiger partial charge in [-0.25, -0.2) is 4.52 Å². The fraction of sp³-hybridized carbons (Fsp3) is 0.381. The lowest BCUT2D eigenvalue weighted by Gasteiger charge is -2.16. The molecule has 0 bridgehead atoms. The van der Waals surface area contributed by atoms with Gasteiger partial charge in [0.2, 0.25) is 5.91 Å². The molecule has 0 unspecified atom stereocenters. The molecule has 0 saturated carbocycles. The second-order valence-electron chi connectivity index (χ2n) is 7.40. The van der Waals surface area contributed by atoms with Crippen LogP contribution in [0.1, 0.15) is 37.1 Å². The Morgan fingerprint density at radius 1 is 1.26 bits per heavy atom. The highest BCUT2D eigenvalue weighted by Gasteiger charge is 2.23. The second kappa shape index (κ2) is 7.02. The van der Waals surface area contributed by atoms with Gasteiger partial charge in [-0.3, -0.25) is 9.59 Å². The first-order chi connectivity index (χ1) is 13.0. The molecule has 140 valence electrons. The number of hydrogen-bond acceptors (Lipinski definition) is 3. The van der Waals surface area contributed by atoms with E-state index < -0.39 is 0 Å². The summed E-state index contributed by atoms with van der Waals surface area (Å²) in [6.07, 6.45) is 7.24. The molecule has 0 radical (unpaired) electrons. The number of nitrogens with one attached hydrogen (secondary N) is 1. The minimum atomic E-state index is -0.215. The minimum absolute atomic E-state index is 0.0135. The number of amides is 1. The van der Waals surface area contributed by atoms with E-state index in [1.807, 2.05) is 24.3 Å². The van der Waals surface area contributed by atoms with Gasteiger partial charge in [-0.2, -0.15) is 5.10 Å². The van der Waals surface area contributed by atoms with E-state index in [1.165, 1.54) is 10.1 Å². The third-order valence-electron chi connectivity index (χ3n) is 5.33. The smallest absolute Gasteiger partial charge is 0.277 e. The molecular formula is C21H24N4O2. The number of fused-ring (bicyclic) bond motifs is 3. The summed E-state index contributed by atoms with van der Waals surface area (Å²) in [5.41, 5.74) is 4.47. The molecule has 1 aromatic carbocycles. The number of aromatic nitrogens is 3. The lowest BCUT2D eigenvalue weighted by atomic mass is 9.88. The molecule has 27 heavy (non-hydrogen) atoms. The molecule has 6 heteroatoms. The zero-order chi connectivity index (χ0) is 19.0. The summed E-state index contributed by atoms with van der Waals surface area (Å²) in [5, 5.41) is 7.41. The van der Waals surface area contributed by atoms with E-state index in [4.69, 9.17) is 0 Å². The van der Waals surface area contributed by atoms with Crippen molar-refractivity contribution in [3.8, 4) is 0 Å². The number of rotatable bonds is 4. The molecule has 0 fully saturated rings. The van der Waals surface area contributed by atoms with Crippen molar-refractivity contribution in [2.24, 2.45) is 5.92 Å². The van der Waals surface area contributed by atoms with E-state index in [0.717, 1.165) is 42.6 Å². The summed E-state index contributed by atoms with van der Waals surface area (Å²) in [6, 6.07) is 7.76. The van der Waals surface area contributed by atoms with E-state index in [0.29, 0.717) is 11.4 Å². The molecule has 4 rings (SSSR count). The van der Waals surface area contributed by atoms with Crippen LogP contribution < -0.4 is 10.9 Å². The van der Waals surface area contributed by atoms with Crippen molar-refractivity contribution >= 4 is 17.1 Å². The van der Waals surface area contributed by atoms with Crippen LogP contribution in [-0.2, 0) is 30.6 Å². The van der Waals surface area contributed by atoms with Gasteiger partial charge in [-0.05, 0) is 49.3 Å². The number of hydrogen-bond donors (Lipinski definition) is 1. The third-order valence-corrected chi connectivity index (χ3v) is 5.33. The largest absolute Gasteiger partial charge is 0.325 e. The number of carbonyl (C=O) groups excluding carboxylic acids is 1. The van der Waals surface area contributed by atoms with Crippen LogP contribution in [0.15, 0.2) is 41.5 Å². The number of anilines is 1. The highest BCUT2D eigenvalue weighted by Crippen LogP contribution is 2.26. The van der Waals surface area contributed by atoms with E-state index in [-0.39, 0.29) is 18.0 Å². The van der Waals surface area contributed by atoms with Crippen molar-refractivity contribution in [1.29, 1.82) is 0 Å². The fourth-order valence-corrected chi connectivity index (χ4v) is 3.75. The summed E-state index contributed by atoms with van der Waals surface area (Å²) in [4.78, 5) is 25.4. The first kappa shape index (κ1) is 17.5. The van der Waals surface area contributed by atoms with Crippen LogP contribution in [0.25, 0.3) is 5.52 Å². The van der Waals surface area contributed by atoms with Crippen molar-refractivity contribution in [2.75, 3.05) is 5.32 Å². The molecule has 0 spiro atoms. The maximum atomic E-state index is 13.0. The van der Waals surface area contributed by atoms with Crippen molar-refractivity contribution < 1.29 is 4.79 Å². The van der Waals surface area contributed by atoms with E-state index >= 15 is 0 Å². The van der Waals surface area contributed by atoms with Crippen molar-refractivity contribution in [2.45, 2.75) is 46.1 Å². The normalized spacial score (nSPS) is 16.3. The molecule has 1 aliphatic rings. The Labute approximate surface area is 157 Å². The Bertz CT molecular complexity index is 1050. The van der Waals surface area contributed by atoms with Crippen molar-refractivity contribution in [1.82, 2.24) is 14.2 Å². The number of aryl methyl sites for hydroxylation is 2. The molecule has 6 nitrogen and oxygen atoms in total. The van der Waals surface area contributed by atoms with Crippen LogP contribution >= 0.6 is 0 Å². The standard InChI is InChI=1S/C21H24N4O2/c1-3-15-5-7-16(8-6-15)22-19(26)13-24-10-11-25-20(21(24)27)17-12-14(2)4-9-18(17)23-25/h5-8,10-11,14H,3-4,9,12-13H2,1-2H3,(H,22,26)/t14-/m0/s1. The number of carbonyl (C=O) groups is 1. The van der Waals surface area contributed by atoms with Gasteiger partial charge in [-0.15, -0.1) is 0 Å². The quantitative estimate of drug-likeness (QED) is 0.774. The summed E-state index contributed by atoms with van der Waals surface area (Å²) >= 11 is 0. The van der Waals surface area contributed by atoms with Gasteiger partial charge in [0.05, 0.1) is 5.69 Å². The van der Waals surface area contributed by atoms with Crippen LogP contribution in [0.5, 0.6) is 0 Å². The van der Waals surface area contributed by atoms with Gasteiger partial charge in [0.25, 0.3) is 5.56 Å². The highest BCUT2D eigenvalue weighted by atomic mass is 16.2. The predicted molar refractivity (Wildman–Crippen MR) is 105 cm³/mol. The monoisotopic (exact) mass is 364 g/mol. The molecule has 1 atom stereocenters. The Morgan fingerprint density at radius 3 is 2.78 bits per heavy atom.